The Labute approximate surface area is 145 Å². The molecule has 1 saturated carbocycles. The van der Waals surface area contributed by atoms with Crippen molar-refractivity contribution >= 4 is 5.91 Å². The number of amides is 1. The van der Waals surface area contributed by atoms with Crippen LogP contribution in [-0.4, -0.2) is 47.2 Å². The Morgan fingerprint density at radius 3 is 2.88 bits per heavy atom. The lowest BCUT2D eigenvalue weighted by atomic mass is 10.0. The van der Waals surface area contributed by atoms with Crippen molar-refractivity contribution in [1.29, 1.82) is 0 Å². The first-order chi connectivity index (χ1) is 11.7. The van der Waals surface area contributed by atoms with E-state index in [4.69, 9.17) is 4.74 Å². The zero-order chi connectivity index (χ0) is 16.9. The van der Waals surface area contributed by atoms with Crippen LogP contribution >= 0.6 is 0 Å². The fraction of sp³-hybridized carbons (Fsp3) is 0.789. The highest BCUT2D eigenvalue weighted by Gasteiger charge is 2.30. The number of hydrogen-bond donors (Lipinski definition) is 0. The van der Waals surface area contributed by atoms with E-state index in [1.54, 1.807) is 7.11 Å². The quantitative estimate of drug-likeness (QED) is 0.770. The monoisotopic (exact) mass is 333 g/mol. The Morgan fingerprint density at radius 1 is 1.33 bits per heavy atom. The van der Waals surface area contributed by atoms with Gasteiger partial charge in [0.2, 0.25) is 5.91 Å². The maximum atomic E-state index is 12.5. The van der Waals surface area contributed by atoms with Crippen LogP contribution in [0.1, 0.15) is 62.4 Å². The molecule has 1 aromatic heterocycles. The van der Waals surface area contributed by atoms with Crippen LogP contribution < -0.4 is 0 Å². The highest BCUT2D eigenvalue weighted by atomic mass is 16.5. The van der Waals surface area contributed by atoms with Gasteiger partial charge in [0, 0.05) is 51.0 Å². The van der Waals surface area contributed by atoms with Crippen molar-refractivity contribution in [3.05, 3.63) is 17.7 Å². The highest BCUT2D eigenvalue weighted by molar-refractivity contribution is 5.76. The standard InChI is InChI=1S/C19H31N3O2/c1-15-13-20-19(22(15)11-12-24-2)17-9-10-21(14-17)18(23)8-7-16-5-3-4-6-16/h13,16-17H,3-12,14H2,1-2H3. The minimum atomic E-state index is 0.344. The number of ether oxygens (including phenoxy) is 1. The number of likely N-dealkylation sites (tertiary alicyclic amines) is 1. The molecule has 0 N–H and O–H groups in total. The van der Waals surface area contributed by atoms with Gasteiger partial charge in [-0.1, -0.05) is 25.7 Å². The number of nitrogens with zero attached hydrogens (tertiary/aromatic N) is 3. The summed E-state index contributed by atoms with van der Waals surface area (Å²) < 4.78 is 7.47. The SMILES string of the molecule is COCCn1c(C)cnc1C1CCN(C(=O)CCC2CCCC2)C1. The Kier molecular flexibility index (Phi) is 5.93. The molecule has 1 aliphatic carbocycles. The van der Waals surface area contributed by atoms with Gasteiger partial charge >= 0.3 is 0 Å². The minimum Gasteiger partial charge on any atom is -0.383 e. The van der Waals surface area contributed by atoms with Crippen molar-refractivity contribution in [1.82, 2.24) is 14.5 Å². The van der Waals surface area contributed by atoms with E-state index in [2.05, 4.69) is 21.4 Å². The van der Waals surface area contributed by atoms with Crippen LogP contribution in [0.3, 0.4) is 0 Å². The molecule has 134 valence electrons. The summed E-state index contributed by atoms with van der Waals surface area (Å²) in [6, 6.07) is 0. The number of carbonyl (C=O) groups excluding carboxylic acids is 1. The smallest absolute Gasteiger partial charge is 0.222 e. The van der Waals surface area contributed by atoms with E-state index in [1.165, 1.54) is 31.4 Å². The number of hydrogen-bond acceptors (Lipinski definition) is 3. The second kappa shape index (κ2) is 8.15. The molecule has 2 aliphatic rings. The molecular weight excluding hydrogens is 302 g/mol. The van der Waals surface area contributed by atoms with Gasteiger partial charge in [-0.3, -0.25) is 4.79 Å². The fourth-order valence-corrected chi connectivity index (χ4v) is 4.26. The summed E-state index contributed by atoms with van der Waals surface area (Å²) in [4.78, 5) is 19.2. The maximum absolute atomic E-state index is 12.5. The second-order valence-electron chi connectivity index (χ2n) is 7.42. The van der Waals surface area contributed by atoms with Gasteiger partial charge in [0.25, 0.3) is 0 Å². The predicted molar refractivity (Wildman–Crippen MR) is 94.0 cm³/mol. The molecule has 2 heterocycles. The van der Waals surface area contributed by atoms with Gasteiger partial charge in [0.15, 0.2) is 0 Å². The molecule has 0 spiro atoms. The summed E-state index contributed by atoms with van der Waals surface area (Å²) in [7, 11) is 1.73. The molecule has 0 aromatic carbocycles. The lowest BCUT2D eigenvalue weighted by Crippen LogP contribution is -2.29. The number of aromatic nitrogens is 2. The normalized spacial score (nSPS) is 21.8. The van der Waals surface area contributed by atoms with Crippen LogP contribution in [-0.2, 0) is 16.1 Å². The van der Waals surface area contributed by atoms with Crippen molar-refractivity contribution in [3.8, 4) is 0 Å². The molecule has 2 fully saturated rings. The molecule has 5 nitrogen and oxygen atoms in total. The maximum Gasteiger partial charge on any atom is 0.222 e. The largest absolute Gasteiger partial charge is 0.383 e. The van der Waals surface area contributed by atoms with Crippen LogP contribution in [0.5, 0.6) is 0 Å². The van der Waals surface area contributed by atoms with Crippen LogP contribution in [0.15, 0.2) is 6.20 Å². The third-order valence-corrected chi connectivity index (χ3v) is 5.75. The topological polar surface area (TPSA) is 47.4 Å². The zero-order valence-electron chi connectivity index (χ0n) is 15.2. The van der Waals surface area contributed by atoms with Gasteiger partial charge in [-0.15, -0.1) is 0 Å². The molecule has 3 rings (SSSR count). The second-order valence-corrected chi connectivity index (χ2v) is 7.42. The van der Waals surface area contributed by atoms with Gasteiger partial charge in [0.05, 0.1) is 6.61 Å². The van der Waals surface area contributed by atoms with E-state index >= 15 is 0 Å². The molecule has 0 bridgehead atoms. The van der Waals surface area contributed by atoms with E-state index in [1.807, 2.05) is 6.20 Å². The summed E-state index contributed by atoms with van der Waals surface area (Å²) in [5.41, 5.74) is 1.17. The van der Waals surface area contributed by atoms with Crippen LogP contribution in [0.4, 0.5) is 0 Å². The van der Waals surface area contributed by atoms with E-state index in [0.29, 0.717) is 18.4 Å². The highest BCUT2D eigenvalue weighted by Crippen LogP contribution is 2.31. The van der Waals surface area contributed by atoms with Gasteiger partial charge in [-0.25, -0.2) is 4.98 Å². The third kappa shape index (κ3) is 4.00. The Balaban J connectivity index is 1.54. The molecule has 5 heteroatoms. The summed E-state index contributed by atoms with van der Waals surface area (Å²) in [6.45, 7) is 5.33. The molecule has 1 atom stereocenters. The zero-order valence-corrected chi connectivity index (χ0v) is 15.2. The number of rotatable bonds is 7. The minimum absolute atomic E-state index is 0.344. The van der Waals surface area contributed by atoms with Gasteiger partial charge < -0.3 is 14.2 Å². The Hall–Kier alpha value is -1.36. The van der Waals surface area contributed by atoms with E-state index < -0.39 is 0 Å². The average Bonchev–Trinajstić information content (AvgIpc) is 3.31. The Bertz CT molecular complexity index is 549. The van der Waals surface area contributed by atoms with E-state index in [0.717, 1.165) is 50.6 Å². The number of carbonyl (C=O) groups is 1. The van der Waals surface area contributed by atoms with Crippen molar-refractivity contribution < 1.29 is 9.53 Å². The number of imidazole rings is 1. The van der Waals surface area contributed by atoms with Crippen molar-refractivity contribution in [2.45, 2.75) is 64.3 Å². The first-order valence-corrected chi connectivity index (χ1v) is 9.47. The summed E-state index contributed by atoms with van der Waals surface area (Å²) in [5.74, 6) is 2.63. The summed E-state index contributed by atoms with van der Waals surface area (Å²) in [6.07, 6.45) is 10.1. The summed E-state index contributed by atoms with van der Waals surface area (Å²) >= 11 is 0. The number of aryl methyl sites for hydroxylation is 1. The van der Waals surface area contributed by atoms with E-state index in [9.17, 15) is 4.79 Å². The van der Waals surface area contributed by atoms with Gasteiger partial charge in [-0.2, -0.15) is 0 Å². The fourth-order valence-electron chi connectivity index (χ4n) is 4.26. The van der Waals surface area contributed by atoms with Crippen LogP contribution in [0.2, 0.25) is 0 Å². The predicted octanol–water partition coefficient (Wildman–Crippen LogP) is 3.12. The molecule has 1 aliphatic heterocycles. The van der Waals surface area contributed by atoms with Crippen molar-refractivity contribution in [2.75, 3.05) is 26.8 Å². The first-order valence-electron chi connectivity index (χ1n) is 9.47. The van der Waals surface area contributed by atoms with Gasteiger partial charge in [-0.05, 0) is 25.7 Å². The van der Waals surface area contributed by atoms with E-state index in [-0.39, 0.29) is 0 Å². The van der Waals surface area contributed by atoms with Crippen molar-refractivity contribution in [3.63, 3.8) is 0 Å². The molecule has 1 unspecified atom stereocenters. The Morgan fingerprint density at radius 2 is 2.12 bits per heavy atom. The lowest BCUT2D eigenvalue weighted by Gasteiger charge is -2.18. The molecule has 1 saturated heterocycles. The van der Waals surface area contributed by atoms with Crippen LogP contribution in [0.25, 0.3) is 0 Å². The molecule has 24 heavy (non-hydrogen) atoms. The molecular formula is C19H31N3O2. The molecule has 1 aromatic rings. The average molecular weight is 333 g/mol. The first kappa shape index (κ1) is 17.5. The molecule has 0 radical (unpaired) electrons. The third-order valence-electron chi connectivity index (χ3n) is 5.75. The van der Waals surface area contributed by atoms with Crippen LogP contribution in [0, 0.1) is 12.8 Å². The van der Waals surface area contributed by atoms with Gasteiger partial charge in [0.1, 0.15) is 5.82 Å². The number of methoxy groups -OCH3 is 1. The molecule has 1 amide bonds. The van der Waals surface area contributed by atoms with Crippen molar-refractivity contribution in [2.24, 2.45) is 5.92 Å². The summed E-state index contributed by atoms with van der Waals surface area (Å²) in [5, 5.41) is 0. The lowest BCUT2D eigenvalue weighted by molar-refractivity contribution is -0.130.